The Kier molecular flexibility index (Phi) is 4.41. The first-order valence-corrected chi connectivity index (χ1v) is 4.91. The van der Waals surface area contributed by atoms with Gasteiger partial charge in [0.25, 0.3) is 0 Å². The van der Waals surface area contributed by atoms with Gasteiger partial charge in [-0.3, -0.25) is 4.79 Å². The number of hydrogen-bond donors (Lipinski definition) is 2. The second-order valence-electron chi connectivity index (χ2n) is 3.21. The van der Waals surface area contributed by atoms with Gasteiger partial charge in [-0.2, -0.15) is 0 Å². The maximum Gasteiger partial charge on any atom is 0.217 e. The minimum Gasteiger partial charge on any atom is -0.388 e. The van der Waals surface area contributed by atoms with Crippen molar-refractivity contribution >= 4 is 17.7 Å². The van der Waals surface area contributed by atoms with Crippen LogP contribution < -0.4 is 10.6 Å². The average molecular weight is 204 g/mol. The minimum atomic E-state index is -0.0105. The third-order valence-corrected chi connectivity index (χ3v) is 1.95. The molecular weight excluding hydrogens is 188 g/mol. The third-order valence-electron chi connectivity index (χ3n) is 1.95. The second kappa shape index (κ2) is 5.86. The van der Waals surface area contributed by atoms with E-state index in [1.165, 1.54) is 6.92 Å². The predicted molar refractivity (Wildman–Crippen MR) is 63.7 cm³/mol. The third kappa shape index (κ3) is 4.31. The van der Waals surface area contributed by atoms with Crippen molar-refractivity contribution in [2.24, 2.45) is 0 Å². The Hall–Kier alpha value is -1.77. The summed E-state index contributed by atoms with van der Waals surface area (Å²) >= 11 is 0. The van der Waals surface area contributed by atoms with E-state index < -0.39 is 0 Å². The Bertz CT molecular complexity index is 358. The molecule has 15 heavy (non-hydrogen) atoms. The van der Waals surface area contributed by atoms with Crippen molar-refractivity contribution in [1.82, 2.24) is 5.32 Å². The molecule has 0 aliphatic heterocycles. The molecule has 2 N–H and O–H groups in total. The summed E-state index contributed by atoms with van der Waals surface area (Å²) in [6.07, 6.45) is 3.91. The summed E-state index contributed by atoms with van der Waals surface area (Å²) in [4.78, 5) is 10.6. The van der Waals surface area contributed by atoms with Crippen LogP contribution in [0.15, 0.2) is 30.3 Å². The average Bonchev–Trinajstić information content (AvgIpc) is 2.24. The molecule has 3 nitrogen and oxygen atoms in total. The van der Waals surface area contributed by atoms with Crippen LogP contribution >= 0.6 is 0 Å². The van der Waals surface area contributed by atoms with Crippen LogP contribution in [0, 0.1) is 0 Å². The zero-order valence-corrected chi connectivity index (χ0v) is 9.08. The standard InChI is InChI=1S/C12H16N2O/c1-10(15)14-8-4-6-11-5-3-7-12(9-11)13-2/h3-7,9,13H,8H2,1-2H3,(H,14,15). The SMILES string of the molecule is CNc1cccc(C=CCNC(C)=O)c1. The van der Waals surface area contributed by atoms with Gasteiger partial charge in [0.2, 0.25) is 5.91 Å². The number of carbonyl (C=O) groups excluding carboxylic acids is 1. The number of hydrogen-bond acceptors (Lipinski definition) is 2. The van der Waals surface area contributed by atoms with E-state index >= 15 is 0 Å². The molecule has 0 saturated heterocycles. The lowest BCUT2D eigenvalue weighted by molar-refractivity contribution is -0.118. The van der Waals surface area contributed by atoms with Gasteiger partial charge in [-0.15, -0.1) is 0 Å². The Balaban J connectivity index is 2.52. The first-order valence-electron chi connectivity index (χ1n) is 4.91. The topological polar surface area (TPSA) is 41.1 Å². The molecule has 0 atom stereocenters. The number of benzene rings is 1. The summed E-state index contributed by atoms with van der Waals surface area (Å²) < 4.78 is 0. The van der Waals surface area contributed by atoms with Gasteiger partial charge in [0.15, 0.2) is 0 Å². The zero-order chi connectivity index (χ0) is 11.1. The van der Waals surface area contributed by atoms with Crippen molar-refractivity contribution < 1.29 is 4.79 Å². The van der Waals surface area contributed by atoms with Gasteiger partial charge < -0.3 is 10.6 Å². The van der Waals surface area contributed by atoms with E-state index in [2.05, 4.69) is 10.6 Å². The van der Waals surface area contributed by atoms with E-state index in [0.717, 1.165) is 11.3 Å². The molecule has 1 aromatic carbocycles. The molecule has 0 heterocycles. The largest absolute Gasteiger partial charge is 0.388 e. The number of nitrogens with one attached hydrogen (secondary N) is 2. The van der Waals surface area contributed by atoms with Gasteiger partial charge in [0.05, 0.1) is 0 Å². The second-order valence-corrected chi connectivity index (χ2v) is 3.21. The molecule has 0 aromatic heterocycles. The highest BCUT2D eigenvalue weighted by Crippen LogP contribution is 2.10. The van der Waals surface area contributed by atoms with Crippen molar-refractivity contribution in [1.29, 1.82) is 0 Å². The van der Waals surface area contributed by atoms with Gasteiger partial charge in [0.1, 0.15) is 0 Å². The molecule has 0 aliphatic carbocycles. The van der Waals surface area contributed by atoms with Crippen LogP contribution in [0.3, 0.4) is 0 Å². The minimum absolute atomic E-state index is 0.0105. The first-order chi connectivity index (χ1) is 7.22. The van der Waals surface area contributed by atoms with E-state index in [9.17, 15) is 4.79 Å². The Morgan fingerprint density at radius 2 is 2.27 bits per heavy atom. The fourth-order valence-electron chi connectivity index (χ4n) is 1.20. The summed E-state index contributed by atoms with van der Waals surface area (Å²) in [5.41, 5.74) is 2.20. The maximum absolute atomic E-state index is 10.6. The highest BCUT2D eigenvalue weighted by Gasteiger charge is 1.89. The molecule has 1 rings (SSSR count). The van der Waals surface area contributed by atoms with Gasteiger partial charge in [0, 0.05) is 26.2 Å². The normalized spacial score (nSPS) is 10.3. The zero-order valence-electron chi connectivity index (χ0n) is 9.08. The molecule has 0 saturated carbocycles. The summed E-state index contributed by atoms with van der Waals surface area (Å²) in [6.45, 7) is 2.08. The lowest BCUT2D eigenvalue weighted by Gasteiger charge is -2.00. The molecule has 0 bridgehead atoms. The quantitative estimate of drug-likeness (QED) is 0.786. The molecule has 0 spiro atoms. The monoisotopic (exact) mass is 204 g/mol. The fraction of sp³-hybridized carbons (Fsp3) is 0.250. The first kappa shape index (κ1) is 11.3. The van der Waals surface area contributed by atoms with Crippen molar-refractivity contribution in [3.05, 3.63) is 35.9 Å². The Morgan fingerprint density at radius 3 is 2.93 bits per heavy atom. The molecule has 0 unspecified atom stereocenters. The Morgan fingerprint density at radius 1 is 1.47 bits per heavy atom. The van der Waals surface area contributed by atoms with Crippen LogP contribution in [0.1, 0.15) is 12.5 Å². The van der Waals surface area contributed by atoms with Crippen molar-refractivity contribution in [3.63, 3.8) is 0 Å². The van der Waals surface area contributed by atoms with Crippen LogP contribution in [0.4, 0.5) is 5.69 Å². The van der Waals surface area contributed by atoms with Crippen LogP contribution in [0.25, 0.3) is 6.08 Å². The van der Waals surface area contributed by atoms with Gasteiger partial charge in [-0.05, 0) is 17.7 Å². The maximum atomic E-state index is 10.6. The highest BCUT2D eigenvalue weighted by atomic mass is 16.1. The molecular formula is C12H16N2O. The van der Waals surface area contributed by atoms with Crippen LogP contribution in [-0.2, 0) is 4.79 Å². The fourth-order valence-corrected chi connectivity index (χ4v) is 1.20. The van der Waals surface area contributed by atoms with Crippen LogP contribution in [0.5, 0.6) is 0 Å². The van der Waals surface area contributed by atoms with Gasteiger partial charge in [-0.1, -0.05) is 24.3 Å². The molecule has 0 fully saturated rings. The Labute approximate surface area is 90.2 Å². The van der Waals surface area contributed by atoms with Gasteiger partial charge in [-0.25, -0.2) is 0 Å². The van der Waals surface area contributed by atoms with Crippen LogP contribution in [-0.4, -0.2) is 19.5 Å². The van der Waals surface area contributed by atoms with E-state index in [-0.39, 0.29) is 5.91 Å². The lowest BCUT2D eigenvalue weighted by Crippen LogP contribution is -2.19. The van der Waals surface area contributed by atoms with Crippen molar-refractivity contribution in [3.8, 4) is 0 Å². The van der Waals surface area contributed by atoms with E-state index in [4.69, 9.17) is 0 Å². The molecule has 0 aliphatic rings. The summed E-state index contributed by atoms with van der Waals surface area (Å²) in [7, 11) is 1.89. The number of carbonyl (C=O) groups is 1. The smallest absolute Gasteiger partial charge is 0.217 e. The van der Waals surface area contributed by atoms with Crippen LogP contribution in [0.2, 0.25) is 0 Å². The van der Waals surface area contributed by atoms with E-state index in [1.54, 1.807) is 0 Å². The van der Waals surface area contributed by atoms with E-state index in [0.29, 0.717) is 6.54 Å². The molecule has 1 amide bonds. The van der Waals surface area contributed by atoms with Crippen molar-refractivity contribution in [2.45, 2.75) is 6.92 Å². The molecule has 80 valence electrons. The summed E-state index contributed by atoms with van der Waals surface area (Å²) in [6, 6.07) is 8.06. The summed E-state index contributed by atoms with van der Waals surface area (Å²) in [5, 5.41) is 5.78. The highest BCUT2D eigenvalue weighted by molar-refractivity contribution is 5.73. The molecule has 0 radical (unpaired) electrons. The summed E-state index contributed by atoms with van der Waals surface area (Å²) in [5.74, 6) is -0.0105. The number of amides is 1. The van der Waals surface area contributed by atoms with Gasteiger partial charge >= 0.3 is 0 Å². The number of rotatable bonds is 4. The lowest BCUT2D eigenvalue weighted by atomic mass is 10.2. The van der Waals surface area contributed by atoms with Crippen molar-refractivity contribution in [2.75, 3.05) is 18.9 Å². The molecule has 1 aromatic rings. The predicted octanol–water partition coefficient (Wildman–Crippen LogP) is 1.88. The molecule has 3 heteroatoms. The number of anilines is 1. The van der Waals surface area contributed by atoms with E-state index in [1.807, 2.05) is 43.5 Å².